The van der Waals surface area contributed by atoms with Gasteiger partial charge in [0, 0.05) is 18.3 Å². The summed E-state index contributed by atoms with van der Waals surface area (Å²) in [5.74, 6) is 2.39. The quantitative estimate of drug-likeness (QED) is 0.758. The maximum absolute atomic E-state index is 5.17. The normalized spacial score (nSPS) is 10.8. The Morgan fingerprint density at radius 1 is 1.23 bits per heavy atom. The number of nitrogens with zero attached hydrogens (tertiary/aromatic N) is 4. The molecule has 0 spiro atoms. The van der Waals surface area contributed by atoms with Crippen molar-refractivity contribution in [3.8, 4) is 5.75 Å². The van der Waals surface area contributed by atoms with Crippen molar-refractivity contribution in [2.45, 2.75) is 26.3 Å². The summed E-state index contributed by atoms with van der Waals surface area (Å²) in [6.45, 7) is 2.84. The van der Waals surface area contributed by atoms with E-state index in [0.29, 0.717) is 12.3 Å². The lowest BCUT2D eigenvalue weighted by Crippen LogP contribution is -2.07. The van der Waals surface area contributed by atoms with Crippen LogP contribution in [0.3, 0.4) is 0 Å². The van der Waals surface area contributed by atoms with Crippen molar-refractivity contribution >= 4 is 11.6 Å². The van der Waals surface area contributed by atoms with Gasteiger partial charge in [-0.25, -0.2) is 4.98 Å². The summed E-state index contributed by atoms with van der Waals surface area (Å²) < 4.78 is 6.90. The second-order valence-electron chi connectivity index (χ2n) is 5.06. The van der Waals surface area contributed by atoms with Crippen molar-refractivity contribution in [3.05, 3.63) is 47.9 Å². The maximum Gasteiger partial charge on any atom is 0.254 e. The van der Waals surface area contributed by atoms with E-state index in [1.165, 1.54) is 11.9 Å². The lowest BCUT2D eigenvalue weighted by Gasteiger charge is -2.10. The molecule has 2 aromatic heterocycles. The Bertz CT molecular complexity index is 751. The van der Waals surface area contributed by atoms with Gasteiger partial charge in [0.1, 0.15) is 17.9 Å². The predicted octanol–water partition coefficient (Wildman–Crippen LogP) is 2.70. The fourth-order valence-electron chi connectivity index (χ4n) is 2.31. The Morgan fingerprint density at radius 2 is 2.05 bits per heavy atom. The molecule has 0 saturated carbocycles. The van der Waals surface area contributed by atoms with E-state index in [-0.39, 0.29) is 0 Å². The zero-order valence-corrected chi connectivity index (χ0v) is 12.8. The minimum absolute atomic E-state index is 0.628. The highest BCUT2D eigenvalue weighted by molar-refractivity contribution is 5.45. The van der Waals surface area contributed by atoms with Crippen LogP contribution in [-0.4, -0.2) is 26.7 Å². The van der Waals surface area contributed by atoms with Crippen LogP contribution in [0.15, 0.2) is 36.7 Å². The first-order valence-electron chi connectivity index (χ1n) is 7.36. The molecule has 0 aliphatic carbocycles. The van der Waals surface area contributed by atoms with Crippen LogP contribution < -0.4 is 10.1 Å². The molecule has 0 atom stereocenters. The molecule has 0 amide bonds. The van der Waals surface area contributed by atoms with Crippen molar-refractivity contribution in [1.29, 1.82) is 0 Å². The van der Waals surface area contributed by atoms with Gasteiger partial charge in [0.2, 0.25) is 0 Å². The van der Waals surface area contributed by atoms with Crippen molar-refractivity contribution in [2.75, 3.05) is 12.4 Å². The first-order valence-corrected chi connectivity index (χ1v) is 7.36. The molecule has 0 aliphatic heterocycles. The molecule has 0 unspecified atom stereocenters. The van der Waals surface area contributed by atoms with Gasteiger partial charge in [-0.15, -0.1) is 0 Å². The lowest BCUT2D eigenvalue weighted by atomic mass is 10.2. The molecule has 0 saturated heterocycles. The highest BCUT2D eigenvalue weighted by Crippen LogP contribution is 2.15. The van der Waals surface area contributed by atoms with E-state index in [0.717, 1.165) is 30.1 Å². The van der Waals surface area contributed by atoms with Gasteiger partial charge in [-0.3, -0.25) is 0 Å². The van der Waals surface area contributed by atoms with Gasteiger partial charge >= 0.3 is 0 Å². The summed E-state index contributed by atoms with van der Waals surface area (Å²) in [7, 11) is 1.67. The number of methoxy groups -OCH3 is 1. The van der Waals surface area contributed by atoms with Crippen LogP contribution in [0.1, 0.15) is 24.6 Å². The third-order valence-electron chi connectivity index (χ3n) is 3.44. The molecule has 1 N–H and O–H groups in total. The van der Waals surface area contributed by atoms with E-state index in [1.807, 2.05) is 30.3 Å². The number of aromatic nitrogens is 4. The van der Waals surface area contributed by atoms with Gasteiger partial charge in [-0.1, -0.05) is 25.5 Å². The summed E-state index contributed by atoms with van der Waals surface area (Å²) in [6.07, 6.45) is 3.51. The standard InChI is InChI=1S/C16H19N5O/c1-3-4-13-9-15(21-16(20-13)18-11-19-21)17-10-12-5-7-14(22-2)8-6-12/h5-9,11,17H,3-4,10H2,1-2H3. The van der Waals surface area contributed by atoms with Crippen LogP contribution >= 0.6 is 0 Å². The summed E-state index contributed by atoms with van der Waals surface area (Å²) in [5, 5.41) is 7.63. The smallest absolute Gasteiger partial charge is 0.254 e. The Labute approximate surface area is 129 Å². The Hall–Kier alpha value is -2.63. The van der Waals surface area contributed by atoms with Crippen molar-refractivity contribution < 1.29 is 4.74 Å². The monoisotopic (exact) mass is 297 g/mol. The molecule has 2 heterocycles. The van der Waals surface area contributed by atoms with Crippen LogP contribution in [0, 0.1) is 0 Å². The van der Waals surface area contributed by atoms with E-state index in [9.17, 15) is 0 Å². The average Bonchev–Trinajstić information content (AvgIpc) is 3.02. The number of hydrogen-bond donors (Lipinski definition) is 1. The number of nitrogens with one attached hydrogen (secondary N) is 1. The van der Waals surface area contributed by atoms with Crippen LogP contribution in [-0.2, 0) is 13.0 Å². The van der Waals surface area contributed by atoms with Crippen molar-refractivity contribution in [3.63, 3.8) is 0 Å². The van der Waals surface area contributed by atoms with Gasteiger partial charge in [0.15, 0.2) is 0 Å². The molecule has 6 heteroatoms. The van der Waals surface area contributed by atoms with E-state index >= 15 is 0 Å². The minimum Gasteiger partial charge on any atom is -0.497 e. The van der Waals surface area contributed by atoms with Crippen LogP contribution in [0.2, 0.25) is 0 Å². The third-order valence-corrected chi connectivity index (χ3v) is 3.44. The molecule has 1 aromatic carbocycles. The zero-order chi connectivity index (χ0) is 15.4. The zero-order valence-electron chi connectivity index (χ0n) is 12.8. The Kier molecular flexibility index (Phi) is 4.18. The van der Waals surface area contributed by atoms with E-state index in [4.69, 9.17) is 4.74 Å². The van der Waals surface area contributed by atoms with Gasteiger partial charge in [0.05, 0.1) is 7.11 Å². The lowest BCUT2D eigenvalue weighted by molar-refractivity contribution is 0.414. The molecule has 114 valence electrons. The molecule has 0 bridgehead atoms. The molecule has 6 nitrogen and oxygen atoms in total. The summed E-state index contributed by atoms with van der Waals surface area (Å²) >= 11 is 0. The van der Waals surface area contributed by atoms with Crippen molar-refractivity contribution in [1.82, 2.24) is 19.6 Å². The maximum atomic E-state index is 5.17. The van der Waals surface area contributed by atoms with Crippen LogP contribution in [0.5, 0.6) is 5.75 Å². The topological polar surface area (TPSA) is 64.3 Å². The second kappa shape index (κ2) is 6.43. The van der Waals surface area contributed by atoms with Gasteiger partial charge in [-0.05, 0) is 24.1 Å². The molecule has 3 rings (SSSR count). The van der Waals surface area contributed by atoms with E-state index in [1.54, 1.807) is 11.6 Å². The predicted molar refractivity (Wildman–Crippen MR) is 85.1 cm³/mol. The Balaban J connectivity index is 1.81. The molecule has 0 fully saturated rings. The number of fused-ring (bicyclic) bond motifs is 1. The van der Waals surface area contributed by atoms with Crippen LogP contribution in [0.25, 0.3) is 5.78 Å². The van der Waals surface area contributed by atoms with E-state index in [2.05, 4.69) is 27.3 Å². The number of rotatable bonds is 6. The Morgan fingerprint density at radius 3 is 2.77 bits per heavy atom. The van der Waals surface area contributed by atoms with Crippen molar-refractivity contribution in [2.24, 2.45) is 0 Å². The largest absolute Gasteiger partial charge is 0.497 e. The number of aryl methyl sites for hydroxylation is 1. The minimum atomic E-state index is 0.628. The number of hydrogen-bond acceptors (Lipinski definition) is 5. The molecule has 0 aliphatic rings. The highest BCUT2D eigenvalue weighted by Gasteiger charge is 2.07. The number of benzene rings is 1. The fourth-order valence-corrected chi connectivity index (χ4v) is 2.31. The molecule has 3 aromatic rings. The first kappa shape index (κ1) is 14.3. The van der Waals surface area contributed by atoms with Gasteiger partial charge in [0.25, 0.3) is 5.78 Å². The average molecular weight is 297 g/mol. The summed E-state index contributed by atoms with van der Waals surface area (Å²) in [5.41, 5.74) is 2.20. The molecular formula is C16H19N5O. The number of anilines is 1. The molecule has 22 heavy (non-hydrogen) atoms. The van der Waals surface area contributed by atoms with Crippen LogP contribution in [0.4, 0.5) is 5.82 Å². The third kappa shape index (κ3) is 3.00. The van der Waals surface area contributed by atoms with E-state index < -0.39 is 0 Å². The van der Waals surface area contributed by atoms with Gasteiger partial charge in [-0.2, -0.15) is 14.6 Å². The fraction of sp³-hybridized carbons (Fsp3) is 0.312. The number of ether oxygens (including phenoxy) is 1. The van der Waals surface area contributed by atoms with Gasteiger partial charge < -0.3 is 10.1 Å². The summed E-state index contributed by atoms with van der Waals surface area (Å²) in [6, 6.07) is 10.0. The highest BCUT2D eigenvalue weighted by atomic mass is 16.5. The second-order valence-corrected chi connectivity index (χ2v) is 5.06. The SMILES string of the molecule is CCCc1cc(NCc2ccc(OC)cc2)n2ncnc2n1. The molecule has 0 radical (unpaired) electrons. The summed E-state index contributed by atoms with van der Waals surface area (Å²) in [4.78, 5) is 8.68. The molecular weight excluding hydrogens is 278 g/mol. The first-order chi connectivity index (χ1) is 10.8.